The lowest BCUT2D eigenvalue weighted by Gasteiger charge is -2.31. The Bertz CT molecular complexity index is 351. The lowest BCUT2D eigenvalue weighted by atomic mass is 9.99. The Morgan fingerprint density at radius 1 is 1.63 bits per heavy atom. The van der Waals surface area contributed by atoms with Crippen LogP contribution in [0.3, 0.4) is 0 Å². The Labute approximate surface area is 113 Å². The van der Waals surface area contributed by atoms with Crippen molar-refractivity contribution in [2.45, 2.75) is 12.5 Å². The van der Waals surface area contributed by atoms with Crippen molar-refractivity contribution < 1.29 is 19.0 Å². The summed E-state index contributed by atoms with van der Waals surface area (Å²) in [5, 5.41) is 8.63. The Morgan fingerprint density at radius 2 is 2.42 bits per heavy atom. The van der Waals surface area contributed by atoms with Crippen LogP contribution in [0.1, 0.15) is 6.42 Å². The predicted molar refractivity (Wildman–Crippen MR) is 68.1 cm³/mol. The van der Waals surface area contributed by atoms with Crippen LogP contribution >= 0.6 is 0 Å². The largest absolute Gasteiger partial charge is 0.461 e. The Hall–Kier alpha value is -1.42. The van der Waals surface area contributed by atoms with E-state index in [2.05, 4.69) is 6.07 Å². The van der Waals surface area contributed by atoms with Crippen LogP contribution in [-0.2, 0) is 19.0 Å². The maximum Gasteiger partial charge on any atom is 0.330 e. The van der Waals surface area contributed by atoms with E-state index in [1.807, 2.05) is 11.9 Å². The van der Waals surface area contributed by atoms with Gasteiger partial charge in [-0.1, -0.05) is 6.08 Å². The highest BCUT2D eigenvalue weighted by molar-refractivity contribution is 5.82. The molecule has 6 heteroatoms. The van der Waals surface area contributed by atoms with Crippen LogP contribution in [0.2, 0.25) is 0 Å². The van der Waals surface area contributed by atoms with Crippen LogP contribution in [0.25, 0.3) is 0 Å². The molecule has 0 fully saturated rings. The number of rotatable bonds is 7. The summed E-state index contributed by atoms with van der Waals surface area (Å²) in [6.45, 7) is 1.60. The van der Waals surface area contributed by atoms with E-state index in [4.69, 9.17) is 19.5 Å². The second-order valence-electron chi connectivity index (χ2n) is 4.39. The minimum absolute atomic E-state index is 0.00732. The van der Waals surface area contributed by atoms with E-state index in [1.165, 1.54) is 6.08 Å². The average molecular weight is 268 g/mol. The lowest BCUT2D eigenvalue weighted by Crippen LogP contribution is -2.42. The summed E-state index contributed by atoms with van der Waals surface area (Å²) in [6, 6.07) is 2.12. The fourth-order valence-electron chi connectivity index (χ4n) is 1.95. The highest BCUT2D eigenvalue weighted by Gasteiger charge is 2.27. The number of esters is 1. The summed E-state index contributed by atoms with van der Waals surface area (Å²) >= 11 is 0. The quantitative estimate of drug-likeness (QED) is 0.381. The summed E-state index contributed by atoms with van der Waals surface area (Å²) in [7, 11) is 3.48. The molecule has 1 rings (SSSR count). The number of carbonyl (C=O) groups is 1. The van der Waals surface area contributed by atoms with E-state index in [9.17, 15) is 4.79 Å². The van der Waals surface area contributed by atoms with Gasteiger partial charge in [0.05, 0.1) is 18.7 Å². The second kappa shape index (κ2) is 8.64. The molecular weight excluding hydrogens is 248 g/mol. The third kappa shape index (κ3) is 5.39. The van der Waals surface area contributed by atoms with Crippen LogP contribution in [0.5, 0.6) is 0 Å². The zero-order valence-electron chi connectivity index (χ0n) is 11.4. The number of ether oxygens (including phenoxy) is 3. The third-order valence-electron chi connectivity index (χ3n) is 3.02. The van der Waals surface area contributed by atoms with E-state index >= 15 is 0 Å². The maximum atomic E-state index is 11.3. The number of hydrogen-bond donors (Lipinski definition) is 0. The van der Waals surface area contributed by atoms with Gasteiger partial charge in [-0.2, -0.15) is 5.26 Å². The van der Waals surface area contributed by atoms with Crippen molar-refractivity contribution in [1.82, 2.24) is 4.90 Å². The van der Waals surface area contributed by atoms with Crippen LogP contribution in [0, 0.1) is 17.2 Å². The van der Waals surface area contributed by atoms with Crippen molar-refractivity contribution in [2.75, 3.05) is 40.7 Å². The average Bonchev–Trinajstić information content (AvgIpc) is 2.59. The molecule has 0 unspecified atom stereocenters. The summed E-state index contributed by atoms with van der Waals surface area (Å²) in [4.78, 5) is 13.3. The second-order valence-corrected chi connectivity index (χ2v) is 4.39. The molecule has 19 heavy (non-hydrogen) atoms. The molecule has 0 aliphatic carbocycles. The number of hydrogen-bond acceptors (Lipinski definition) is 6. The topological polar surface area (TPSA) is 71.8 Å². The fourth-order valence-corrected chi connectivity index (χ4v) is 1.95. The highest BCUT2D eigenvalue weighted by Crippen LogP contribution is 2.17. The van der Waals surface area contributed by atoms with Gasteiger partial charge in [-0.15, -0.1) is 0 Å². The lowest BCUT2D eigenvalue weighted by molar-refractivity contribution is -0.139. The summed E-state index contributed by atoms with van der Waals surface area (Å²) in [5.74, 6) is -0.307. The van der Waals surface area contributed by atoms with E-state index in [1.54, 1.807) is 13.2 Å². The standard InChI is InChI=1S/C13H20N2O4/c1-15(7-3-6-14)12-9-19-13(16)5-4-11(12)8-18-10-17-2/h4-5,11-12H,3,7-10H2,1-2H3/t11-,12+/m1/s1. The zero-order valence-corrected chi connectivity index (χ0v) is 11.4. The molecule has 0 spiro atoms. The van der Waals surface area contributed by atoms with Gasteiger partial charge in [0.15, 0.2) is 0 Å². The van der Waals surface area contributed by atoms with Crippen LogP contribution < -0.4 is 0 Å². The van der Waals surface area contributed by atoms with Crippen LogP contribution in [0.15, 0.2) is 12.2 Å². The van der Waals surface area contributed by atoms with Crippen LogP contribution in [0.4, 0.5) is 0 Å². The van der Waals surface area contributed by atoms with E-state index < -0.39 is 0 Å². The van der Waals surface area contributed by atoms with Crippen molar-refractivity contribution in [2.24, 2.45) is 5.92 Å². The van der Waals surface area contributed by atoms with Crippen molar-refractivity contribution in [3.05, 3.63) is 12.2 Å². The van der Waals surface area contributed by atoms with Gasteiger partial charge in [-0.25, -0.2) is 4.79 Å². The van der Waals surface area contributed by atoms with Gasteiger partial charge in [-0.05, 0) is 7.05 Å². The predicted octanol–water partition coefficient (Wildman–Crippen LogP) is 0.550. The number of nitrogens with zero attached hydrogens (tertiary/aromatic N) is 2. The monoisotopic (exact) mass is 268 g/mol. The third-order valence-corrected chi connectivity index (χ3v) is 3.02. The maximum absolute atomic E-state index is 11.3. The molecule has 0 bridgehead atoms. The van der Waals surface area contributed by atoms with Crippen molar-refractivity contribution >= 4 is 5.97 Å². The smallest absolute Gasteiger partial charge is 0.330 e. The Morgan fingerprint density at radius 3 is 3.11 bits per heavy atom. The molecule has 0 radical (unpaired) electrons. The SMILES string of the molecule is COCOC[C@H]1C=CC(=O)OC[C@@H]1N(C)CCC#N. The molecule has 0 aromatic rings. The number of likely N-dealkylation sites (N-methyl/N-ethyl adjacent to an activating group) is 1. The normalized spacial score (nSPS) is 22.9. The first kappa shape index (κ1) is 15.6. The zero-order chi connectivity index (χ0) is 14.1. The number of carbonyl (C=O) groups excluding carboxylic acids is 1. The first-order chi connectivity index (χ1) is 9.19. The molecular formula is C13H20N2O4. The summed E-state index contributed by atoms with van der Waals surface area (Å²) in [5.41, 5.74) is 0. The minimum atomic E-state index is -0.340. The number of cyclic esters (lactones) is 1. The van der Waals surface area contributed by atoms with Crippen molar-refractivity contribution in [3.63, 3.8) is 0 Å². The molecule has 0 saturated carbocycles. The van der Waals surface area contributed by atoms with Gasteiger partial charge in [0.1, 0.15) is 13.4 Å². The van der Waals surface area contributed by atoms with Crippen molar-refractivity contribution in [1.29, 1.82) is 5.26 Å². The molecule has 0 amide bonds. The molecule has 0 aromatic carbocycles. The molecule has 0 aromatic heterocycles. The number of methoxy groups -OCH3 is 1. The molecule has 6 nitrogen and oxygen atoms in total. The van der Waals surface area contributed by atoms with Crippen LogP contribution in [-0.4, -0.2) is 57.6 Å². The molecule has 0 saturated heterocycles. The first-order valence-electron chi connectivity index (χ1n) is 6.18. The first-order valence-corrected chi connectivity index (χ1v) is 6.18. The molecule has 0 N–H and O–H groups in total. The molecule has 1 aliphatic rings. The fraction of sp³-hybridized carbons (Fsp3) is 0.692. The minimum Gasteiger partial charge on any atom is -0.461 e. The van der Waals surface area contributed by atoms with Gasteiger partial charge in [-0.3, -0.25) is 4.90 Å². The molecule has 106 valence electrons. The molecule has 1 heterocycles. The van der Waals surface area contributed by atoms with E-state index in [0.717, 1.165) is 0 Å². The van der Waals surface area contributed by atoms with Crippen molar-refractivity contribution in [3.8, 4) is 6.07 Å². The van der Waals surface area contributed by atoms with Gasteiger partial charge in [0.2, 0.25) is 0 Å². The van der Waals surface area contributed by atoms with Gasteiger partial charge >= 0.3 is 5.97 Å². The summed E-state index contributed by atoms with van der Waals surface area (Å²) < 4.78 is 15.3. The van der Waals surface area contributed by atoms with Gasteiger partial charge in [0.25, 0.3) is 0 Å². The van der Waals surface area contributed by atoms with E-state index in [0.29, 0.717) is 26.2 Å². The molecule has 2 atom stereocenters. The number of nitriles is 1. The highest BCUT2D eigenvalue weighted by atomic mass is 16.7. The molecule has 1 aliphatic heterocycles. The van der Waals surface area contributed by atoms with Gasteiger partial charge < -0.3 is 14.2 Å². The summed E-state index contributed by atoms with van der Waals surface area (Å²) in [6.07, 6.45) is 3.67. The van der Waals surface area contributed by atoms with Gasteiger partial charge in [0, 0.05) is 32.1 Å². The Balaban J connectivity index is 2.63. The van der Waals surface area contributed by atoms with E-state index in [-0.39, 0.29) is 24.7 Å². The Kier molecular flexibility index (Phi) is 7.11.